The monoisotopic (exact) mass is 312 g/mol. The second-order valence-electron chi connectivity index (χ2n) is 6.95. The quantitative estimate of drug-likeness (QED) is 0.435. The molecular formula is C19H36O3. The van der Waals surface area contributed by atoms with Crippen LogP contribution in [0.15, 0.2) is 0 Å². The average molecular weight is 312 g/mol. The number of hydrogen-bond acceptors (Lipinski definition) is 2. The van der Waals surface area contributed by atoms with Crippen LogP contribution in [0.25, 0.3) is 0 Å². The summed E-state index contributed by atoms with van der Waals surface area (Å²) in [6, 6.07) is 0. The summed E-state index contributed by atoms with van der Waals surface area (Å²) in [5, 5.41) is 8.50. The van der Waals surface area contributed by atoms with Gasteiger partial charge < -0.3 is 9.84 Å². The van der Waals surface area contributed by atoms with Gasteiger partial charge in [-0.15, -0.1) is 0 Å². The second kappa shape index (κ2) is 12.9. The van der Waals surface area contributed by atoms with E-state index < -0.39 is 5.97 Å². The van der Waals surface area contributed by atoms with E-state index in [-0.39, 0.29) is 6.61 Å². The van der Waals surface area contributed by atoms with Gasteiger partial charge in [-0.3, -0.25) is 0 Å². The molecule has 3 nitrogen and oxygen atoms in total. The Morgan fingerprint density at radius 1 is 0.955 bits per heavy atom. The SMILES string of the molecule is CCCCCCCC[C@H]1CCC[C@@H]1CCCCOCC(=O)O. The fourth-order valence-electron chi connectivity index (χ4n) is 3.83. The van der Waals surface area contributed by atoms with Gasteiger partial charge in [0.1, 0.15) is 6.61 Å². The predicted octanol–water partition coefficient (Wildman–Crippen LogP) is 5.42. The number of carbonyl (C=O) groups is 1. The van der Waals surface area contributed by atoms with Crippen molar-refractivity contribution in [2.24, 2.45) is 11.8 Å². The summed E-state index contributed by atoms with van der Waals surface area (Å²) in [4.78, 5) is 10.3. The van der Waals surface area contributed by atoms with E-state index in [0.717, 1.165) is 18.3 Å². The molecule has 0 saturated heterocycles. The van der Waals surface area contributed by atoms with Gasteiger partial charge in [-0.1, -0.05) is 84.0 Å². The third kappa shape index (κ3) is 9.45. The lowest BCUT2D eigenvalue weighted by atomic mass is 9.87. The number of hydrogen-bond donors (Lipinski definition) is 1. The molecule has 0 aromatic rings. The van der Waals surface area contributed by atoms with E-state index in [9.17, 15) is 4.79 Å². The maximum absolute atomic E-state index is 10.3. The predicted molar refractivity (Wildman–Crippen MR) is 91.1 cm³/mol. The maximum Gasteiger partial charge on any atom is 0.329 e. The molecule has 2 atom stereocenters. The number of rotatable bonds is 14. The van der Waals surface area contributed by atoms with Crippen molar-refractivity contribution >= 4 is 5.97 Å². The summed E-state index contributed by atoms with van der Waals surface area (Å²) in [6.45, 7) is 2.72. The van der Waals surface area contributed by atoms with E-state index in [1.807, 2.05) is 0 Å². The lowest BCUT2D eigenvalue weighted by molar-refractivity contribution is -0.142. The molecule has 0 unspecified atom stereocenters. The highest BCUT2D eigenvalue weighted by Crippen LogP contribution is 2.38. The first kappa shape index (κ1) is 19.5. The van der Waals surface area contributed by atoms with Crippen LogP contribution in [0, 0.1) is 11.8 Å². The Morgan fingerprint density at radius 3 is 2.18 bits per heavy atom. The minimum absolute atomic E-state index is 0.149. The molecule has 0 aromatic carbocycles. The topological polar surface area (TPSA) is 46.5 Å². The van der Waals surface area contributed by atoms with Crippen LogP contribution in [-0.2, 0) is 9.53 Å². The van der Waals surface area contributed by atoms with Crippen molar-refractivity contribution in [2.45, 2.75) is 90.4 Å². The zero-order valence-electron chi connectivity index (χ0n) is 14.5. The van der Waals surface area contributed by atoms with E-state index in [0.29, 0.717) is 6.61 Å². The second-order valence-corrected chi connectivity index (χ2v) is 6.95. The van der Waals surface area contributed by atoms with E-state index in [2.05, 4.69) is 6.92 Å². The van der Waals surface area contributed by atoms with Crippen LogP contribution >= 0.6 is 0 Å². The lowest BCUT2D eigenvalue weighted by Gasteiger charge is -2.19. The van der Waals surface area contributed by atoms with Crippen molar-refractivity contribution in [3.63, 3.8) is 0 Å². The minimum atomic E-state index is -0.866. The molecular weight excluding hydrogens is 276 g/mol. The Balaban J connectivity index is 1.99. The van der Waals surface area contributed by atoms with Crippen LogP contribution in [0.4, 0.5) is 0 Å². The van der Waals surface area contributed by atoms with Gasteiger partial charge in [0.25, 0.3) is 0 Å². The lowest BCUT2D eigenvalue weighted by Crippen LogP contribution is -2.10. The third-order valence-electron chi connectivity index (χ3n) is 5.08. The largest absolute Gasteiger partial charge is 0.480 e. The summed E-state index contributed by atoms with van der Waals surface area (Å²) in [6.07, 6.45) is 17.6. The van der Waals surface area contributed by atoms with Crippen LogP contribution in [0.2, 0.25) is 0 Å². The number of carboxylic acids is 1. The standard InChI is InChI=1S/C19H36O3/c1-2-3-4-5-6-7-11-17-13-10-14-18(17)12-8-9-15-22-16-19(20)21/h17-18H,2-16H2,1H3,(H,20,21)/t17-,18-/m0/s1. The summed E-state index contributed by atoms with van der Waals surface area (Å²) in [5.74, 6) is 1.02. The van der Waals surface area contributed by atoms with E-state index >= 15 is 0 Å². The van der Waals surface area contributed by atoms with Crippen LogP contribution < -0.4 is 0 Å². The molecule has 1 aliphatic carbocycles. The van der Waals surface area contributed by atoms with Gasteiger partial charge in [-0.25, -0.2) is 4.79 Å². The number of aliphatic carboxylic acids is 1. The minimum Gasteiger partial charge on any atom is -0.480 e. The summed E-state index contributed by atoms with van der Waals surface area (Å²) in [7, 11) is 0. The molecule has 0 amide bonds. The van der Waals surface area contributed by atoms with Crippen LogP contribution in [0.5, 0.6) is 0 Å². The highest BCUT2D eigenvalue weighted by atomic mass is 16.5. The van der Waals surface area contributed by atoms with Crippen molar-refractivity contribution in [1.29, 1.82) is 0 Å². The smallest absolute Gasteiger partial charge is 0.329 e. The Labute approximate surface area is 136 Å². The normalized spacial score (nSPS) is 21.3. The molecule has 1 rings (SSSR count). The number of ether oxygens (including phenoxy) is 1. The fourth-order valence-corrected chi connectivity index (χ4v) is 3.83. The maximum atomic E-state index is 10.3. The van der Waals surface area contributed by atoms with E-state index in [1.54, 1.807) is 0 Å². The van der Waals surface area contributed by atoms with Crippen molar-refractivity contribution in [3.8, 4) is 0 Å². The molecule has 0 heterocycles. The van der Waals surface area contributed by atoms with Gasteiger partial charge in [0, 0.05) is 6.61 Å². The van der Waals surface area contributed by atoms with E-state index in [4.69, 9.17) is 9.84 Å². The highest BCUT2D eigenvalue weighted by molar-refractivity contribution is 5.67. The molecule has 0 aliphatic heterocycles. The number of unbranched alkanes of at least 4 members (excludes halogenated alkanes) is 6. The third-order valence-corrected chi connectivity index (χ3v) is 5.08. The molecule has 22 heavy (non-hydrogen) atoms. The Kier molecular flexibility index (Phi) is 11.4. The van der Waals surface area contributed by atoms with Gasteiger partial charge >= 0.3 is 5.97 Å². The molecule has 0 aromatic heterocycles. The molecule has 1 N–H and O–H groups in total. The zero-order chi connectivity index (χ0) is 16.0. The summed E-state index contributed by atoms with van der Waals surface area (Å²) < 4.78 is 5.10. The molecule has 0 spiro atoms. The fraction of sp³-hybridized carbons (Fsp3) is 0.947. The van der Waals surface area contributed by atoms with E-state index in [1.165, 1.54) is 77.0 Å². The molecule has 0 bridgehead atoms. The highest BCUT2D eigenvalue weighted by Gasteiger charge is 2.25. The first-order valence-electron chi connectivity index (χ1n) is 9.53. The van der Waals surface area contributed by atoms with Crippen LogP contribution in [-0.4, -0.2) is 24.3 Å². The molecule has 1 saturated carbocycles. The Morgan fingerprint density at radius 2 is 1.55 bits per heavy atom. The molecule has 3 heteroatoms. The van der Waals surface area contributed by atoms with Crippen molar-refractivity contribution in [2.75, 3.05) is 13.2 Å². The molecule has 130 valence electrons. The Hall–Kier alpha value is -0.570. The van der Waals surface area contributed by atoms with Crippen molar-refractivity contribution in [3.05, 3.63) is 0 Å². The van der Waals surface area contributed by atoms with Crippen molar-refractivity contribution < 1.29 is 14.6 Å². The van der Waals surface area contributed by atoms with Crippen LogP contribution in [0.1, 0.15) is 90.4 Å². The number of carboxylic acid groups (broad SMARTS) is 1. The molecule has 0 radical (unpaired) electrons. The van der Waals surface area contributed by atoms with Gasteiger partial charge in [-0.05, 0) is 18.3 Å². The van der Waals surface area contributed by atoms with Gasteiger partial charge in [0.2, 0.25) is 0 Å². The van der Waals surface area contributed by atoms with Gasteiger partial charge in [0.15, 0.2) is 0 Å². The van der Waals surface area contributed by atoms with Crippen LogP contribution in [0.3, 0.4) is 0 Å². The first-order valence-corrected chi connectivity index (χ1v) is 9.53. The zero-order valence-corrected chi connectivity index (χ0v) is 14.5. The van der Waals surface area contributed by atoms with Gasteiger partial charge in [0.05, 0.1) is 0 Å². The first-order chi connectivity index (χ1) is 10.7. The van der Waals surface area contributed by atoms with Crippen molar-refractivity contribution in [1.82, 2.24) is 0 Å². The average Bonchev–Trinajstić information content (AvgIpc) is 2.93. The summed E-state index contributed by atoms with van der Waals surface area (Å²) >= 11 is 0. The Bertz CT molecular complexity index is 278. The summed E-state index contributed by atoms with van der Waals surface area (Å²) in [5.41, 5.74) is 0. The molecule has 1 fully saturated rings. The van der Waals surface area contributed by atoms with Gasteiger partial charge in [-0.2, -0.15) is 0 Å². The molecule has 1 aliphatic rings.